The Balaban J connectivity index is 4.29. The summed E-state index contributed by atoms with van der Waals surface area (Å²) in [5.74, 6) is -1.77. The van der Waals surface area contributed by atoms with Gasteiger partial charge in [0.1, 0.15) is 12.6 Å². The van der Waals surface area contributed by atoms with Crippen LogP contribution in [0, 0.1) is 0 Å². The number of aliphatic carboxylic acids is 1. The van der Waals surface area contributed by atoms with Gasteiger partial charge in [-0.2, -0.15) is 0 Å². The van der Waals surface area contributed by atoms with Gasteiger partial charge >= 0.3 is 11.9 Å². The van der Waals surface area contributed by atoms with Crippen molar-refractivity contribution in [1.29, 1.82) is 0 Å². The van der Waals surface area contributed by atoms with Crippen LogP contribution in [0.2, 0.25) is 0 Å². The number of ether oxygens (including phenoxy) is 3. The van der Waals surface area contributed by atoms with Crippen LogP contribution in [0.1, 0.15) is 213 Å². The van der Waals surface area contributed by atoms with Crippen LogP contribution in [0.25, 0.3) is 0 Å². The highest BCUT2D eigenvalue weighted by atomic mass is 16.6. The van der Waals surface area contributed by atoms with Gasteiger partial charge in [0.25, 0.3) is 0 Å². The Hall–Kier alpha value is -2.71. The number of nitrogens with zero attached hydrogens (tertiary/aromatic N) is 1. The highest BCUT2D eigenvalue weighted by Crippen LogP contribution is 2.16. The van der Waals surface area contributed by atoms with Gasteiger partial charge in [-0.15, -0.1) is 0 Å². The van der Waals surface area contributed by atoms with Crippen LogP contribution >= 0.6 is 0 Å². The topological polar surface area (TPSA) is 102 Å². The lowest BCUT2D eigenvalue weighted by Gasteiger charge is -2.34. The Bertz CT molecular complexity index is 1120. The smallest absolute Gasteiger partial charge is 0.306 e. The minimum atomic E-state index is -1.13. The molecule has 0 spiro atoms. The first-order valence-corrected chi connectivity index (χ1v) is 24.7. The molecule has 0 rings (SSSR count). The summed E-state index contributed by atoms with van der Waals surface area (Å²) >= 11 is 0. The molecule has 0 aliphatic carbocycles. The number of unbranched alkanes of at least 4 members (excludes halogenated alkanes) is 22. The van der Waals surface area contributed by atoms with Crippen molar-refractivity contribution in [3.8, 4) is 0 Å². The van der Waals surface area contributed by atoms with Crippen molar-refractivity contribution >= 4 is 17.9 Å². The minimum absolute atomic E-state index is 0.0318. The van der Waals surface area contributed by atoms with Gasteiger partial charge in [0.2, 0.25) is 0 Å². The van der Waals surface area contributed by atoms with Crippen LogP contribution in [0.5, 0.6) is 0 Å². The first-order valence-electron chi connectivity index (χ1n) is 24.7. The van der Waals surface area contributed by atoms with Crippen molar-refractivity contribution in [3.05, 3.63) is 48.6 Å². The van der Waals surface area contributed by atoms with E-state index >= 15 is 0 Å². The number of carboxylic acid groups (broad SMARTS) is 1. The quantitative estimate of drug-likeness (QED) is 0.0260. The second-order valence-corrected chi connectivity index (χ2v) is 17.7. The standard InChI is InChI=1S/C52H93NO7/c1-6-8-10-12-14-16-18-20-22-24-25-26-27-29-31-33-35-37-39-41-43-51(55)60-48(46-58-45-44-49(52(56)57)53(3,4)5)47-59-50(54)42-40-38-36-34-32-30-28-23-21-19-17-15-13-11-9-7-2/h9,11,15,17,21,23,30,32,48-49H,6-8,10,12-14,16,18-20,22,24-29,31,33-47H2,1-5H3/b11-9+,17-15+,23-21+,32-30+. The Labute approximate surface area is 369 Å². The molecule has 0 aromatic heterocycles. The third-order valence-corrected chi connectivity index (χ3v) is 11.0. The maximum atomic E-state index is 12.8. The fourth-order valence-electron chi connectivity index (χ4n) is 7.18. The normalized spacial score (nSPS) is 13.3. The summed E-state index contributed by atoms with van der Waals surface area (Å²) in [7, 11) is 5.40. The zero-order chi connectivity index (χ0) is 44.2. The number of quaternary nitrogens is 1. The van der Waals surface area contributed by atoms with Gasteiger partial charge in [0.05, 0.1) is 40.3 Å². The van der Waals surface area contributed by atoms with Gasteiger partial charge in [0, 0.05) is 19.3 Å². The predicted molar refractivity (Wildman–Crippen MR) is 250 cm³/mol. The number of likely N-dealkylation sites (N-methyl/N-ethyl adjacent to an activating group) is 1. The van der Waals surface area contributed by atoms with E-state index < -0.39 is 18.1 Å². The van der Waals surface area contributed by atoms with E-state index in [9.17, 15) is 19.5 Å². The average Bonchev–Trinajstić information content (AvgIpc) is 3.21. The van der Waals surface area contributed by atoms with E-state index in [4.69, 9.17) is 14.2 Å². The van der Waals surface area contributed by atoms with Crippen LogP contribution in [0.3, 0.4) is 0 Å². The molecule has 0 bridgehead atoms. The lowest BCUT2D eigenvalue weighted by Crippen LogP contribution is -2.55. The zero-order valence-electron chi connectivity index (χ0n) is 39.6. The van der Waals surface area contributed by atoms with E-state index in [1.54, 1.807) is 21.1 Å². The highest BCUT2D eigenvalue weighted by Gasteiger charge is 2.25. The van der Waals surface area contributed by atoms with Crippen LogP contribution < -0.4 is 5.11 Å². The van der Waals surface area contributed by atoms with E-state index in [1.165, 1.54) is 109 Å². The molecule has 8 nitrogen and oxygen atoms in total. The molecule has 0 aliphatic rings. The zero-order valence-corrected chi connectivity index (χ0v) is 39.6. The predicted octanol–water partition coefficient (Wildman–Crippen LogP) is 12.6. The molecule has 60 heavy (non-hydrogen) atoms. The molecule has 2 atom stereocenters. The monoisotopic (exact) mass is 844 g/mol. The SMILES string of the molecule is CC/C=C/C/C=C/C/C=C/C/C=C/CCCCCC(=O)OCC(COCCC(C(=O)[O-])[N+](C)(C)C)OC(=O)CCCCCCCCCCCCCCCCCCCCCC. The number of carbonyl (C=O) groups excluding carboxylic acids is 3. The molecule has 0 aliphatic heterocycles. The van der Waals surface area contributed by atoms with Gasteiger partial charge in [0.15, 0.2) is 6.10 Å². The number of rotatable bonds is 44. The number of carbonyl (C=O) groups is 3. The van der Waals surface area contributed by atoms with E-state index in [-0.39, 0.29) is 42.7 Å². The van der Waals surface area contributed by atoms with Crippen molar-refractivity contribution in [1.82, 2.24) is 0 Å². The summed E-state index contributed by atoms with van der Waals surface area (Å²) in [5.41, 5.74) is 0. The Morgan fingerprint density at radius 3 is 1.38 bits per heavy atom. The molecule has 0 N–H and O–H groups in total. The number of esters is 2. The summed E-state index contributed by atoms with van der Waals surface area (Å²) in [5, 5.41) is 11.6. The van der Waals surface area contributed by atoms with Crippen molar-refractivity contribution in [2.75, 3.05) is 41.0 Å². The molecule has 0 amide bonds. The number of hydrogen-bond acceptors (Lipinski definition) is 7. The molecular weight excluding hydrogens is 751 g/mol. The summed E-state index contributed by atoms with van der Waals surface area (Å²) in [6.07, 6.45) is 51.4. The van der Waals surface area contributed by atoms with Crippen LogP contribution in [-0.4, -0.2) is 75.5 Å². The summed E-state index contributed by atoms with van der Waals surface area (Å²) in [6.45, 7) is 4.54. The van der Waals surface area contributed by atoms with Gasteiger partial charge in [-0.05, 0) is 51.4 Å². The molecule has 0 fully saturated rings. The molecule has 0 heterocycles. The number of allylic oxidation sites excluding steroid dienone is 8. The van der Waals surface area contributed by atoms with Crippen LogP contribution in [0.4, 0.5) is 0 Å². The van der Waals surface area contributed by atoms with Gasteiger partial charge in [-0.25, -0.2) is 0 Å². The highest BCUT2D eigenvalue weighted by molar-refractivity contribution is 5.70. The first-order chi connectivity index (χ1) is 29.1. The van der Waals surface area contributed by atoms with Crippen molar-refractivity contribution < 1.29 is 38.2 Å². The molecule has 0 aromatic rings. The van der Waals surface area contributed by atoms with Crippen molar-refractivity contribution in [3.63, 3.8) is 0 Å². The van der Waals surface area contributed by atoms with Crippen molar-refractivity contribution in [2.24, 2.45) is 0 Å². The molecule has 2 unspecified atom stereocenters. The third-order valence-electron chi connectivity index (χ3n) is 11.0. The molecular formula is C52H93NO7. The molecule has 0 saturated carbocycles. The second-order valence-electron chi connectivity index (χ2n) is 17.7. The molecule has 0 saturated heterocycles. The number of carboxylic acids is 1. The third kappa shape index (κ3) is 40.7. The molecule has 348 valence electrons. The maximum Gasteiger partial charge on any atom is 0.306 e. The largest absolute Gasteiger partial charge is 0.544 e. The van der Waals surface area contributed by atoms with Crippen LogP contribution in [-0.2, 0) is 28.6 Å². The lowest BCUT2D eigenvalue weighted by atomic mass is 10.0. The second kappa shape index (κ2) is 43.0. The molecule has 0 aromatic carbocycles. The fourth-order valence-corrected chi connectivity index (χ4v) is 7.18. The fraction of sp³-hybridized carbons (Fsp3) is 0.788. The summed E-state index contributed by atoms with van der Waals surface area (Å²) in [4.78, 5) is 37.0. The van der Waals surface area contributed by atoms with Gasteiger partial charge in [-0.3, -0.25) is 9.59 Å². The summed E-state index contributed by atoms with van der Waals surface area (Å²) < 4.78 is 17.2. The Kier molecular flexibility index (Phi) is 41.0. The van der Waals surface area contributed by atoms with E-state index in [2.05, 4.69) is 62.5 Å². The average molecular weight is 844 g/mol. The van der Waals surface area contributed by atoms with E-state index in [1.807, 2.05) is 0 Å². The molecule has 0 radical (unpaired) electrons. The van der Waals surface area contributed by atoms with E-state index in [0.29, 0.717) is 12.8 Å². The summed E-state index contributed by atoms with van der Waals surface area (Å²) in [6, 6.07) is -0.731. The van der Waals surface area contributed by atoms with Crippen molar-refractivity contribution in [2.45, 2.75) is 225 Å². The maximum absolute atomic E-state index is 12.8. The molecule has 8 heteroatoms. The van der Waals surface area contributed by atoms with Crippen LogP contribution in [0.15, 0.2) is 48.6 Å². The Morgan fingerprint density at radius 2 is 0.933 bits per heavy atom. The number of hydrogen-bond donors (Lipinski definition) is 0. The van der Waals surface area contributed by atoms with Gasteiger partial charge < -0.3 is 28.6 Å². The van der Waals surface area contributed by atoms with E-state index in [0.717, 1.165) is 70.6 Å². The Morgan fingerprint density at radius 1 is 0.517 bits per heavy atom. The lowest BCUT2D eigenvalue weighted by molar-refractivity contribution is -0.889. The minimum Gasteiger partial charge on any atom is -0.544 e. The first kappa shape index (κ1) is 57.3. The van der Waals surface area contributed by atoms with Gasteiger partial charge in [-0.1, -0.05) is 191 Å².